The number of rotatable bonds is 3. The largest absolute Gasteiger partial charge is 0.438 e. The SMILES string of the molecule is CCN1c2ccc(C3CC3)cc2CC1c1nc2cc(C)ccc2o1. The number of fused-ring (bicyclic) bond motifs is 2. The Morgan fingerprint density at radius 3 is 2.83 bits per heavy atom. The summed E-state index contributed by atoms with van der Waals surface area (Å²) >= 11 is 0. The highest BCUT2D eigenvalue weighted by Gasteiger charge is 2.34. The fourth-order valence-electron chi connectivity index (χ4n) is 4.02. The Morgan fingerprint density at radius 1 is 1.17 bits per heavy atom. The van der Waals surface area contributed by atoms with E-state index in [1.54, 1.807) is 0 Å². The van der Waals surface area contributed by atoms with Crippen LogP contribution in [0.1, 0.15) is 54.3 Å². The summed E-state index contributed by atoms with van der Waals surface area (Å²) in [5.74, 6) is 1.65. The molecule has 1 aliphatic carbocycles. The minimum atomic E-state index is 0.215. The zero-order chi connectivity index (χ0) is 16.3. The van der Waals surface area contributed by atoms with E-state index in [4.69, 9.17) is 9.40 Å². The second kappa shape index (κ2) is 5.10. The third kappa shape index (κ3) is 2.15. The Hall–Kier alpha value is -2.29. The third-order valence-corrected chi connectivity index (χ3v) is 5.44. The van der Waals surface area contributed by atoms with E-state index < -0.39 is 0 Å². The van der Waals surface area contributed by atoms with Crippen LogP contribution < -0.4 is 4.90 Å². The molecular formula is C21H22N2O. The first-order valence-electron chi connectivity index (χ1n) is 8.99. The molecule has 1 aromatic heterocycles. The van der Waals surface area contributed by atoms with Crippen molar-refractivity contribution in [3.05, 3.63) is 59.0 Å². The van der Waals surface area contributed by atoms with Crippen LogP contribution in [0.25, 0.3) is 11.1 Å². The van der Waals surface area contributed by atoms with Crippen LogP contribution in [-0.4, -0.2) is 11.5 Å². The molecule has 2 heterocycles. The Balaban J connectivity index is 1.54. The van der Waals surface area contributed by atoms with Crippen molar-refractivity contribution in [1.82, 2.24) is 4.98 Å². The van der Waals surface area contributed by atoms with Crippen molar-refractivity contribution >= 4 is 16.8 Å². The second-order valence-corrected chi connectivity index (χ2v) is 7.19. The fraction of sp³-hybridized carbons (Fsp3) is 0.381. The molecule has 1 unspecified atom stereocenters. The number of hydrogen-bond donors (Lipinski definition) is 0. The van der Waals surface area contributed by atoms with E-state index in [0.717, 1.165) is 35.9 Å². The first-order valence-corrected chi connectivity index (χ1v) is 8.99. The molecule has 0 N–H and O–H groups in total. The van der Waals surface area contributed by atoms with Crippen LogP contribution in [0.5, 0.6) is 0 Å². The second-order valence-electron chi connectivity index (χ2n) is 7.19. The van der Waals surface area contributed by atoms with Crippen molar-refractivity contribution in [3.63, 3.8) is 0 Å². The minimum absolute atomic E-state index is 0.215. The number of aromatic nitrogens is 1. The highest BCUT2D eigenvalue weighted by Crippen LogP contribution is 2.45. The molecule has 3 heteroatoms. The quantitative estimate of drug-likeness (QED) is 0.670. The Morgan fingerprint density at radius 2 is 2.04 bits per heavy atom. The molecule has 122 valence electrons. The smallest absolute Gasteiger partial charge is 0.218 e. The number of benzene rings is 2. The van der Waals surface area contributed by atoms with Gasteiger partial charge >= 0.3 is 0 Å². The van der Waals surface area contributed by atoms with Crippen molar-refractivity contribution < 1.29 is 4.42 Å². The number of likely N-dealkylation sites (N-methyl/N-ethyl adjacent to an activating group) is 1. The maximum atomic E-state index is 6.11. The number of oxazole rings is 1. The maximum absolute atomic E-state index is 6.11. The van der Waals surface area contributed by atoms with Gasteiger partial charge in [-0.3, -0.25) is 0 Å². The van der Waals surface area contributed by atoms with Crippen molar-refractivity contribution in [3.8, 4) is 0 Å². The topological polar surface area (TPSA) is 29.3 Å². The predicted molar refractivity (Wildman–Crippen MR) is 96.6 cm³/mol. The normalized spacial score (nSPS) is 19.9. The van der Waals surface area contributed by atoms with Gasteiger partial charge in [-0.25, -0.2) is 4.98 Å². The van der Waals surface area contributed by atoms with Gasteiger partial charge in [-0.05, 0) is 67.5 Å². The Labute approximate surface area is 142 Å². The molecule has 3 aromatic rings. The molecule has 1 atom stereocenters. The number of hydrogen-bond acceptors (Lipinski definition) is 3. The van der Waals surface area contributed by atoms with Gasteiger partial charge in [0.1, 0.15) is 11.6 Å². The summed E-state index contributed by atoms with van der Waals surface area (Å²) in [6, 6.07) is 13.5. The summed E-state index contributed by atoms with van der Waals surface area (Å²) in [5.41, 5.74) is 7.39. The summed E-state index contributed by atoms with van der Waals surface area (Å²) in [6.07, 6.45) is 3.70. The van der Waals surface area contributed by atoms with Gasteiger partial charge in [0.2, 0.25) is 5.89 Å². The molecule has 5 rings (SSSR count). The van der Waals surface area contributed by atoms with Crippen molar-refractivity contribution in [2.24, 2.45) is 0 Å². The highest BCUT2D eigenvalue weighted by molar-refractivity contribution is 5.74. The Bertz CT molecular complexity index is 923. The zero-order valence-corrected chi connectivity index (χ0v) is 14.2. The van der Waals surface area contributed by atoms with Crippen LogP contribution in [0.15, 0.2) is 40.8 Å². The average Bonchev–Trinajstić information content (AvgIpc) is 3.25. The van der Waals surface area contributed by atoms with Crippen LogP contribution in [-0.2, 0) is 6.42 Å². The summed E-state index contributed by atoms with van der Waals surface area (Å²) in [6.45, 7) is 5.28. The van der Waals surface area contributed by atoms with Crippen LogP contribution in [0, 0.1) is 6.92 Å². The average molecular weight is 318 g/mol. The number of nitrogens with zero attached hydrogens (tertiary/aromatic N) is 2. The third-order valence-electron chi connectivity index (χ3n) is 5.44. The molecular weight excluding hydrogens is 296 g/mol. The van der Waals surface area contributed by atoms with E-state index >= 15 is 0 Å². The van der Waals surface area contributed by atoms with E-state index in [2.05, 4.69) is 49.1 Å². The molecule has 0 saturated heterocycles. The van der Waals surface area contributed by atoms with Gasteiger partial charge in [-0.1, -0.05) is 18.2 Å². The van der Waals surface area contributed by atoms with Crippen LogP contribution in [0.4, 0.5) is 5.69 Å². The van der Waals surface area contributed by atoms with Gasteiger partial charge in [0, 0.05) is 18.7 Å². The van der Waals surface area contributed by atoms with Gasteiger partial charge in [-0.2, -0.15) is 0 Å². The predicted octanol–water partition coefficient (Wildman–Crippen LogP) is 5.14. The van der Waals surface area contributed by atoms with E-state index in [0.29, 0.717) is 0 Å². The highest BCUT2D eigenvalue weighted by atomic mass is 16.3. The molecule has 1 saturated carbocycles. The summed E-state index contributed by atoms with van der Waals surface area (Å²) < 4.78 is 6.11. The standard InChI is InChI=1S/C21H22N2O/c1-3-23-18-8-7-15(14-5-6-14)11-16(18)12-19(23)21-22-17-10-13(2)4-9-20(17)24-21/h4,7-11,14,19H,3,5-6,12H2,1-2H3. The lowest BCUT2D eigenvalue weighted by Crippen LogP contribution is -2.24. The van der Waals surface area contributed by atoms with Crippen LogP contribution in [0.3, 0.4) is 0 Å². The zero-order valence-electron chi connectivity index (χ0n) is 14.2. The van der Waals surface area contributed by atoms with Crippen LogP contribution >= 0.6 is 0 Å². The van der Waals surface area contributed by atoms with E-state index in [1.807, 2.05) is 6.07 Å². The lowest BCUT2D eigenvalue weighted by molar-refractivity contribution is 0.467. The van der Waals surface area contributed by atoms with E-state index in [-0.39, 0.29) is 6.04 Å². The first-order chi connectivity index (χ1) is 11.7. The summed E-state index contributed by atoms with van der Waals surface area (Å²) in [7, 11) is 0. The van der Waals surface area contributed by atoms with E-state index in [1.165, 1.54) is 35.2 Å². The molecule has 3 nitrogen and oxygen atoms in total. The monoisotopic (exact) mass is 318 g/mol. The summed E-state index contributed by atoms with van der Waals surface area (Å²) in [5, 5.41) is 0. The first kappa shape index (κ1) is 14.1. The molecule has 0 radical (unpaired) electrons. The molecule has 0 amide bonds. The molecule has 1 fully saturated rings. The van der Waals surface area contributed by atoms with Gasteiger partial charge < -0.3 is 9.32 Å². The van der Waals surface area contributed by atoms with Crippen molar-refractivity contribution in [2.45, 2.75) is 45.1 Å². The molecule has 2 aromatic carbocycles. The number of aryl methyl sites for hydroxylation is 1. The molecule has 24 heavy (non-hydrogen) atoms. The van der Waals surface area contributed by atoms with Crippen LogP contribution in [0.2, 0.25) is 0 Å². The lowest BCUT2D eigenvalue weighted by Gasteiger charge is -2.23. The van der Waals surface area contributed by atoms with E-state index in [9.17, 15) is 0 Å². The fourth-order valence-corrected chi connectivity index (χ4v) is 4.02. The maximum Gasteiger partial charge on any atom is 0.218 e. The van der Waals surface area contributed by atoms with Gasteiger partial charge in [0.15, 0.2) is 5.58 Å². The minimum Gasteiger partial charge on any atom is -0.438 e. The molecule has 0 spiro atoms. The molecule has 1 aliphatic heterocycles. The molecule has 0 bridgehead atoms. The van der Waals surface area contributed by atoms with Crippen molar-refractivity contribution in [2.75, 3.05) is 11.4 Å². The van der Waals surface area contributed by atoms with Crippen molar-refractivity contribution in [1.29, 1.82) is 0 Å². The Kier molecular flexibility index (Phi) is 2.99. The lowest BCUT2D eigenvalue weighted by atomic mass is 10.0. The van der Waals surface area contributed by atoms with Gasteiger partial charge in [-0.15, -0.1) is 0 Å². The molecule has 2 aliphatic rings. The van der Waals surface area contributed by atoms with Gasteiger partial charge in [0.05, 0.1) is 0 Å². The number of anilines is 1. The van der Waals surface area contributed by atoms with Gasteiger partial charge in [0.25, 0.3) is 0 Å². The summed E-state index contributed by atoms with van der Waals surface area (Å²) in [4.78, 5) is 7.23.